The van der Waals surface area contributed by atoms with E-state index in [1.807, 2.05) is 36.4 Å². The summed E-state index contributed by atoms with van der Waals surface area (Å²) in [6.07, 6.45) is 3.33. The third kappa shape index (κ3) is 3.99. The molecule has 2 amide bonds. The molecule has 2 aliphatic heterocycles. The molecule has 2 aliphatic rings. The zero-order valence-electron chi connectivity index (χ0n) is 16.5. The number of thioether (sulfide) groups is 1. The molecule has 2 aromatic carbocycles. The predicted molar refractivity (Wildman–Crippen MR) is 132 cm³/mol. The van der Waals surface area contributed by atoms with Crippen molar-refractivity contribution in [1.29, 1.82) is 0 Å². The van der Waals surface area contributed by atoms with Gasteiger partial charge < -0.3 is 4.42 Å². The van der Waals surface area contributed by atoms with Crippen LogP contribution < -0.4 is 4.90 Å². The van der Waals surface area contributed by atoms with E-state index in [2.05, 4.69) is 0 Å². The number of para-hydroxylation sites is 1. The smallest absolute Gasteiger partial charge is 0.266 e. The van der Waals surface area contributed by atoms with Crippen LogP contribution in [0.25, 0.3) is 6.08 Å². The van der Waals surface area contributed by atoms with Gasteiger partial charge in [-0.15, -0.1) is 0 Å². The van der Waals surface area contributed by atoms with Crippen molar-refractivity contribution < 1.29 is 14.0 Å². The normalized spacial score (nSPS) is 16.5. The monoisotopic (exact) mass is 498 g/mol. The molecule has 3 aromatic rings. The number of carbonyl (C=O) groups is 2. The van der Waals surface area contributed by atoms with Gasteiger partial charge >= 0.3 is 0 Å². The highest BCUT2D eigenvalue weighted by Gasteiger charge is 2.34. The van der Waals surface area contributed by atoms with Gasteiger partial charge in [0.1, 0.15) is 10.1 Å². The molecule has 0 bridgehead atoms. The van der Waals surface area contributed by atoms with Gasteiger partial charge in [0.05, 0.1) is 22.5 Å². The molecule has 0 aliphatic carbocycles. The molecule has 5 nitrogen and oxygen atoms in total. The van der Waals surface area contributed by atoms with Crippen molar-refractivity contribution in [3.63, 3.8) is 0 Å². The molecule has 1 aromatic heterocycles. The number of carbonyl (C=O) groups excluding carboxylic acids is 2. The minimum absolute atomic E-state index is 0.116. The van der Waals surface area contributed by atoms with E-state index in [4.69, 9.17) is 28.2 Å². The van der Waals surface area contributed by atoms with E-state index in [0.717, 1.165) is 21.2 Å². The highest BCUT2D eigenvalue weighted by molar-refractivity contribution is 8.26. The van der Waals surface area contributed by atoms with Gasteiger partial charge in [0.25, 0.3) is 5.91 Å². The first-order valence-corrected chi connectivity index (χ1v) is 12.1. The molecule has 0 atom stereocenters. The molecule has 1 saturated heterocycles. The minimum atomic E-state index is -0.220. The summed E-state index contributed by atoms with van der Waals surface area (Å²) < 4.78 is 5.72. The zero-order chi connectivity index (χ0) is 22.2. The summed E-state index contributed by atoms with van der Waals surface area (Å²) in [4.78, 5) is 31.8. The maximum atomic E-state index is 13.4. The largest absolute Gasteiger partial charge is 0.465 e. The van der Waals surface area contributed by atoms with Crippen molar-refractivity contribution in [1.82, 2.24) is 4.90 Å². The number of halogens is 1. The van der Waals surface area contributed by atoms with Gasteiger partial charge in [0.2, 0.25) is 5.91 Å². The van der Waals surface area contributed by atoms with Gasteiger partial charge in [0.15, 0.2) is 0 Å². The Balaban J connectivity index is 1.37. The molecule has 0 saturated carbocycles. The van der Waals surface area contributed by atoms with Crippen LogP contribution in [-0.4, -0.2) is 27.6 Å². The number of benzene rings is 2. The topological polar surface area (TPSA) is 53.8 Å². The number of amides is 2. The predicted octanol–water partition coefficient (Wildman–Crippen LogP) is 6.35. The van der Waals surface area contributed by atoms with Crippen molar-refractivity contribution >= 4 is 80.9 Å². The third-order valence-corrected chi connectivity index (χ3v) is 7.72. The van der Waals surface area contributed by atoms with Gasteiger partial charge in [-0.05, 0) is 42.5 Å². The van der Waals surface area contributed by atoms with Crippen LogP contribution in [-0.2, 0) is 9.59 Å². The molecule has 0 unspecified atom stereocenters. The standard InChI is InChI=1S/C23H15ClN2O3S3/c24-14-7-8-19-17(12-14)26(16-5-1-2-6-18(16)31-19)21(27)9-10-25-22(28)20(32-23(25)30)13-15-4-3-11-29-15/h1-8,11-13H,9-10H2. The second kappa shape index (κ2) is 8.78. The van der Waals surface area contributed by atoms with Gasteiger partial charge in [-0.3, -0.25) is 19.4 Å². The Morgan fingerprint density at radius 1 is 1.06 bits per heavy atom. The maximum Gasteiger partial charge on any atom is 0.266 e. The van der Waals surface area contributed by atoms with Crippen LogP contribution in [0.1, 0.15) is 12.2 Å². The summed E-state index contributed by atoms with van der Waals surface area (Å²) in [6, 6.07) is 16.8. The highest BCUT2D eigenvalue weighted by atomic mass is 35.5. The Labute approximate surface area is 203 Å². The number of furan rings is 1. The maximum absolute atomic E-state index is 13.4. The SMILES string of the molecule is O=C1C(=Cc2ccco2)SC(=S)N1CCC(=O)N1c2ccccc2Sc2ccc(Cl)cc21. The highest BCUT2D eigenvalue weighted by Crippen LogP contribution is 2.49. The molecule has 160 valence electrons. The van der Waals surface area contributed by atoms with Crippen molar-refractivity contribution in [3.8, 4) is 0 Å². The van der Waals surface area contributed by atoms with E-state index in [9.17, 15) is 9.59 Å². The van der Waals surface area contributed by atoms with Crippen LogP contribution in [0.3, 0.4) is 0 Å². The van der Waals surface area contributed by atoms with Crippen LogP contribution in [0.2, 0.25) is 5.02 Å². The molecule has 0 N–H and O–H groups in total. The van der Waals surface area contributed by atoms with Crippen LogP contribution in [0, 0.1) is 0 Å². The third-order valence-electron chi connectivity index (χ3n) is 4.98. The molecule has 5 rings (SSSR count). The van der Waals surface area contributed by atoms with E-state index in [-0.39, 0.29) is 24.8 Å². The van der Waals surface area contributed by atoms with Crippen molar-refractivity contribution in [2.75, 3.05) is 11.4 Å². The first kappa shape index (κ1) is 21.3. The van der Waals surface area contributed by atoms with E-state index < -0.39 is 0 Å². The summed E-state index contributed by atoms with van der Waals surface area (Å²) in [7, 11) is 0. The van der Waals surface area contributed by atoms with Crippen molar-refractivity contribution in [2.45, 2.75) is 16.2 Å². The average Bonchev–Trinajstić information content (AvgIpc) is 3.38. The lowest BCUT2D eigenvalue weighted by atomic mass is 10.2. The Morgan fingerprint density at radius 3 is 2.69 bits per heavy atom. The molecular formula is C23H15ClN2O3S3. The van der Waals surface area contributed by atoms with Crippen LogP contribution in [0.4, 0.5) is 11.4 Å². The zero-order valence-corrected chi connectivity index (χ0v) is 19.7. The molecular weight excluding hydrogens is 484 g/mol. The summed E-state index contributed by atoms with van der Waals surface area (Å²) in [5.41, 5.74) is 1.55. The Hall–Kier alpha value is -2.52. The molecule has 0 spiro atoms. The number of anilines is 2. The fourth-order valence-electron chi connectivity index (χ4n) is 3.51. The molecule has 0 radical (unpaired) electrons. The van der Waals surface area contributed by atoms with Crippen LogP contribution in [0.15, 0.2) is 80.0 Å². The van der Waals surface area contributed by atoms with E-state index >= 15 is 0 Å². The number of rotatable bonds is 4. The van der Waals surface area contributed by atoms with Gasteiger partial charge in [0, 0.05) is 33.9 Å². The van der Waals surface area contributed by atoms with E-state index in [1.165, 1.54) is 16.7 Å². The molecule has 3 heterocycles. The number of hydrogen-bond acceptors (Lipinski definition) is 6. The molecule has 9 heteroatoms. The second-order valence-corrected chi connectivity index (χ2v) is 10.2. The van der Waals surface area contributed by atoms with E-state index in [0.29, 0.717) is 20.0 Å². The quantitative estimate of drug-likeness (QED) is 0.308. The lowest BCUT2D eigenvalue weighted by molar-refractivity contribution is -0.123. The fraction of sp³-hybridized carbons (Fsp3) is 0.0870. The molecule has 32 heavy (non-hydrogen) atoms. The Bertz CT molecular complexity index is 1270. The van der Waals surface area contributed by atoms with E-state index in [1.54, 1.807) is 47.2 Å². The first-order chi connectivity index (χ1) is 15.5. The minimum Gasteiger partial charge on any atom is -0.465 e. The van der Waals surface area contributed by atoms with Gasteiger partial charge in [-0.25, -0.2) is 0 Å². The fourth-order valence-corrected chi connectivity index (χ4v) is 6.00. The summed E-state index contributed by atoms with van der Waals surface area (Å²) in [5, 5.41) is 0.557. The Morgan fingerprint density at radius 2 is 1.88 bits per heavy atom. The van der Waals surface area contributed by atoms with Crippen LogP contribution in [0.5, 0.6) is 0 Å². The Kier molecular flexibility index (Phi) is 5.86. The number of fused-ring (bicyclic) bond motifs is 2. The number of hydrogen-bond donors (Lipinski definition) is 0. The second-order valence-electron chi connectivity index (χ2n) is 7.01. The van der Waals surface area contributed by atoms with Gasteiger partial charge in [-0.1, -0.05) is 59.5 Å². The van der Waals surface area contributed by atoms with Crippen molar-refractivity contribution in [3.05, 3.63) is 76.5 Å². The first-order valence-electron chi connectivity index (χ1n) is 9.69. The van der Waals surface area contributed by atoms with Crippen molar-refractivity contribution in [2.24, 2.45) is 0 Å². The summed E-state index contributed by atoms with van der Waals surface area (Å²) in [6.45, 7) is 0.195. The number of thiocarbonyl (C=S) groups is 1. The summed E-state index contributed by atoms with van der Waals surface area (Å²) in [5.74, 6) is 0.227. The van der Waals surface area contributed by atoms with Gasteiger partial charge in [-0.2, -0.15) is 0 Å². The average molecular weight is 499 g/mol. The lowest BCUT2D eigenvalue weighted by Gasteiger charge is -2.31. The lowest BCUT2D eigenvalue weighted by Crippen LogP contribution is -2.35. The molecule has 1 fully saturated rings. The summed E-state index contributed by atoms with van der Waals surface area (Å²) >= 11 is 14.4. The number of nitrogens with zero attached hydrogens (tertiary/aromatic N) is 2. The van der Waals surface area contributed by atoms with Crippen LogP contribution >= 0.6 is 47.3 Å².